The lowest BCUT2D eigenvalue weighted by Crippen LogP contribution is -1.88. The van der Waals surface area contributed by atoms with E-state index in [0.717, 1.165) is 12.8 Å². The second kappa shape index (κ2) is 2.34. The normalized spacial score (nSPS) is 16.8. The summed E-state index contributed by atoms with van der Waals surface area (Å²) in [5.74, 6) is 1.08. The Bertz CT molecular complexity index is 290. The van der Waals surface area contributed by atoms with E-state index in [1.54, 1.807) is 0 Å². The zero-order chi connectivity index (χ0) is 7.84. The Morgan fingerprint density at radius 1 is 1.73 bits per heavy atom. The largest absolute Gasteiger partial charge is 0.448 e. The summed E-state index contributed by atoms with van der Waals surface area (Å²) in [5.41, 5.74) is 0.216. The van der Waals surface area contributed by atoms with E-state index in [0.29, 0.717) is 11.8 Å². The standard InChI is InChI=1S/C7H6ClNO2/c8-6(10)5-3-11-7(9-5)4-1-2-4/h3-4H,1-2H2. The van der Waals surface area contributed by atoms with Crippen molar-refractivity contribution in [3.8, 4) is 0 Å². The molecule has 0 unspecified atom stereocenters. The maximum Gasteiger partial charge on any atom is 0.274 e. The summed E-state index contributed by atoms with van der Waals surface area (Å²) in [7, 11) is 0. The first kappa shape index (κ1) is 6.85. The molecule has 1 aliphatic carbocycles. The molecular formula is C7H6ClNO2. The topological polar surface area (TPSA) is 43.1 Å². The Hall–Kier alpha value is -0.830. The molecule has 11 heavy (non-hydrogen) atoms. The fourth-order valence-electron chi connectivity index (χ4n) is 0.896. The van der Waals surface area contributed by atoms with Crippen LogP contribution in [0.25, 0.3) is 0 Å². The molecule has 1 aliphatic rings. The summed E-state index contributed by atoms with van der Waals surface area (Å²) in [4.78, 5) is 14.5. The van der Waals surface area contributed by atoms with Crippen LogP contribution in [0.3, 0.4) is 0 Å². The van der Waals surface area contributed by atoms with Gasteiger partial charge in [0.25, 0.3) is 5.24 Å². The molecule has 1 aromatic heterocycles. The van der Waals surface area contributed by atoms with Gasteiger partial charge in [-0.25, -0.2) is 4.98 Å². The molecule has 0 bridgehead atoms. The summed E-state index contributed by atoms with van der Waals surface area (Å²) >= 11 is 5.18. The van der Waals surface area contributed by atoms with Crippen LogP contribution in [-0.2, 0) is 0 Å². The van der Waals surface area contributed by atoms with Gasteiger partial charge >= 0.3 is 0 Å². The molecule has 1 fully saturated rings. The second-order valence-electron chi connectivity index (χ2n) is 2.62. The van der Waals surface area contributed by atoms with Crippen LogP contribution in [0.5, 0.6) is 0 Å². The molecule has 0 amide bonds. The van der Waals surface area contributed by atoms with Gasteiger partial charge in [0, 0.05) is 5.92 Å². The predicted octanol–water partition coefficient (Wildman–Crippen LogP) is 1.93. The molecule has 4 heteroatoms. The Morgan fingerprint density at radius 2 is 2.45 bits per heavy atom. The van der Waals surface area contributed by atoms with Crippen molar-refractivity contribution in [2.24, 2.45) is 0 Å². The van der Waals surface area contributed by atoms with Gasteiger partial charge in [-0.3, -0.25) is 4.79 Å². The second-order valence-corrected chi connectivity index (χ2v) is 2.96. The van der Waals surface area contributed by atoms with Crippen molar-refractivity contribution in [3.05, 3.63) is 17.8 Å². The number of hydrogen-bond donors (Lipinski definition) is 0. The van der Waals surface area contributed by atoms with Gasteiger partial charge in [-0.2, -0.15) is 0 Å². The van der Waals surface area contributed by atoms with Crippen LogP contribution in [0.2, 0.25) is 0 Å². The average molecular weight is 172 g/mol. The summed E-state index contributed by atoms with van der Waals surface area (Å²) < 4.78 is 5.03. The number of carbonyl (C=O) groups is 1. The van der Waals surface area contributed by atoms with Crippen molar-refractivity contribution in [2.75, 3.05) is 0 Å². The molecule has 0 saturated heterocycles. The van der Waals surface area contributed by atoms with Gasteiger partial charge in [-0.05, 0) is 24.4 Å². The fourth-order valence-corrected chi connectivity index (χ4v) is 0.982. The fraction of sp³-hybridized carbons (Fsp3) is 0.429. The zero-order valence-corrected chi connectivity index (χ0v) is 6.47. The molecule has 0 radical (unpaired) electrons. The van der Waals surface area contributed by atoms with Crippen LogP contribution in [0.4, 0.5) is 0 Å². The maximum atomic E-state index is 10.5. The monoisotopic (exact) mass is 171 g/mol. The molecule has 0 N–H and O–H groups in total. The number of carbonyl (C=O) groups excluding carboxylic acids is 1. The van der Waals surface area contributed by atoms with E-state index in [1.165, 1.54) is 6.26 Å². The first-order valence-electron chi connectivity index (χ1n) is 3.42. The Balaban J connectivity index is 2.25. The van der Waals surface area contributed by atoms with Gasteiger partial charge in [0.2, 0.25) is 0 Å². The summed E-state index contributed by atoms with van der Waals surface area (Å²) in [6, 6.07) is 0. The smallest absolute Gasteiger partial charge is 0.274 e. The third kappa shape index (κ3) is 1.28. The van der Waals surface area contributed by atoms with E-state index in [2.05, 4.69) is 4.98 Å². The third-order valence-electron chi connectivity index (χ3n) is 1.65. The van der Waals surface area contributed by atoms with Crippen molar-refractivity contribution in [2.45, 2.75) is 18.8 Å². The molecule has 3 nitrogen and oxygen atoms in total. The average Bonchev–Trinajstić information content (AvgIpc) is 2.68. The van der Waals surface area contributed by atoms with E-state index in [1.807, 2.05) is 0 Å². The van der Waals surface area contributed by atoms with Gasteiger partial charge in [0.15, 0.2) is 11.6 Å². The number of rotatable bonds is 2. The van der Waals surface area contributed by atoms with E-state index < -0.39 is 5.24 Å². The highest BCUT2D eigenvalue weighted by atomic mass is 35.5. The van der Waals surface area contributed by atoms with Crippen molar-refractivity contribution in [1.82, 2.24) is 4.98 Å². The minimum absolute atomic E-state index is 0.216. The summed E-state index contributed by atoms with van der Waals surface area (Å²) in [5, 5.41) is -0.555. The van der Waals surface area contributed by atoms with Gasteiger partial charge in [0.05, 0.1) is 0 Å². The van der Waals surface area contributed by atoms with Crippen LogP contribution < -0.4 is 0 Å². The van der Waals surface area contributed by atoms with Crippen LogP contribution in [0.1, 0.15) is 35.1 Å². The highest BCUT2D eigenvalue weighted by Gasteiger charge is 2.29. The van der Waals surface area contributed by atoms with Crippen LogP contribution in [0, 0.1) is 0 Å². The SMILES string of the molecule is O=C(Cl)c1coc(C2CC2)n1. The molecule has 0 spiro atoms. The Kier molecular flexibility index (Phi) is 1.46. The van der Waals surface area contributed by atoms with Crippen LogP contribution in [-0.4, -0.2) is 10.2 Å². The molecule has 58 valence electrons. The minimum atomic E-state index is -0.555. The first-order valence-corrected chi connectivity index (χ1v) is 3.80. The Labute approximate surface area is 68.4 Å². The van der Waals surface area contributed by atoms with Crippen LogP contribution in [0.15, 0.2) is 10.7 Å². The van der Waals surface area contributed by atoms with Crippen molar-refractivity contribution < 1.29 is 9.21 Å². The summed E-state index contributed by atoms with van der Waals surface area (Å²) in [6.07, 6.45) is 3.52. The highest BCUT2D eigenvalue weighted by molar-refractivity contribution is 6.67. The maximum absolute atomic E-state index is 10.5. The van der Waals surface area contributed by atoms with E-state index in [-0.39, 0.29) is 5.69 Å². The summed E-state index contributed by atoms with van der Waals surface area (Å²) in [6.45, 7) is 0. The first-order chi connectivity index (χ1) is 5.27. The quantitative estimate of drug-likeness (QED) is 0.639. The van der Waals surface area contributed by atoms with E-state index in [4.69, 9.17) is 16.0 Å². The number of aromatic nitrogens is 1. The molecular weight excluding hydrogens is 166 g/mol. The lowest BCUT2D eigenvalue weighted by atomic mass is 10.4. The van der Waals surface area contributed by atoms with E-state index in [9.17, 15) is 4.79 Å². The molecule has 0 aliphatic heterocycles. The highest BCUT2D eigenvalue weighted by Crippen LogP contribution is 2.39. The molecule has 1 aromatic rings. The van der Waals surface area contributed by atoms with Gasteiger partial charge < -0.3 is 4.42 Å². The van der Waals surface area contributed by atoms with Crippen molar-refractivity contribution >= 4 is 16.8 Å². The molecule has 1 saturated carbocycles. The van der Waals surface area contributed by atoms with Gasteiger partial charge in [-0.1, -0.05) is 0 Å². The number of oxazole rings is 1. The number of halogens is 1. The molecule has 2 rings (SSSR count). The lowest BCUT2D eigenvalue weighted by molar-refractivity contribution is 0.107. The van der Waals surface area contributed by atoms with Gasteiger partial charge in [0.1, 0.15) is 6.26 Å². The predicted molar refractivity (Wildman–Crippen MR) is 38.7 cm³/mol. The minimum Gasteiger partial charge on any atom is -0.448 e. The lowest BCUT2D eigenvalue weighted by Gasteiger charge is -1.82. The van der Waals surface area contributed by atoms with Gasteiger partial charge in [-0.15, -0.1) is 0 Å². The molecule has 1 heterocycles. The van der Waals surface area contributed by atoms with Crippen molar-refractivity contribution in [1.29, 1.82) is 0 Å². The molecule has 0 atom stereocenters. The number of hydrogen-bond acceptors (Lipinski definition) is 3. The molecule has 0 aromatic carbocycles. The number of nitrogens with zero attached hydrogens (tertiary/aromatic N) is 1. The Morgan fingerprint density at radius 3 is 2.91 bits per heavy atom. The van der Waals surface area contributed by atoms with Crippen LogP contribution >= 0.6 is 11.6 Å². The van der Waals surface area contributed by atoms with E-state index >= 15 is 0 Å². The van der Waals surface area contributed by atoms with Crippen molar-refractivity contribution in [3.63, 3.8) is 0 Å². The third-order valence-corrected chi connectivity index (χ3v) is 1.84. The zero-order valence-electron chi connectivity index (χ0n) is 5.71.